The van der Waals surface area contributed by atoms with Gasteiger partial charge in [-0.15, -0.1) is 0 Å². The van der Waals surface area contributed by atoms with Crippen LogP contribution in [0, 0.1) is 0 Å². The van der Waals surface area contributed by atoms with Gasteiger partial charge in [0, 0.05) is 6.42 Å². The fraction of sp³-hybridized carbons (Fsp3) is 0.938. The van der Waals surface area contributed by atoms with Gasteiger partial charge in [-0.3, -0.25) is 4.79 Å². The van der Waals surface area contributed by atoms with Crippen LogP contribution in [-0.2, 0) is 27.2 Å². The first-order valence-corrected chi connectivity index (χ1v) is 8.74. The molecule has 0 radical (unpaired) electrons. The van der Waals surface area contributed by atoms with E-state index in [1.54, 1.807) is 0 Å². The van der Waals surface area contributed by atoms with Gasteiger partial charge in [0.15, 0.2) is 0 Å². The van der Waals surface area contributed by atoms with Gasteiger partial charge < -0.3 is 20.2 Å². The molecule has 142 valence electrons. The Bertz CT molecular complexity index is 228. The number of rotatable bonds is 14. The number of carboxylic acid groups (broad SMARTS) is 1. The Hall–Kier alpha value is 0.155. The molecule has 0 aliphatic rings. The van der Waals surface area contributed by atoms with Crippen LogP contribution in [0.2, 0.25) is 0 Å². The molecular weight excluding hydrogens is 391 g/mol. The van der Waals surface area contributed by atoms with E-state index in [2.05, 4.69) is 6.92 Å². The number of aliphatic carboxylic acids is 1. The van der Waals surface area contributed by atoms with E-state index in [-0.39, 0.29) is 22.4 Å². The number of unbranched alkanes of at least 4 members (excludes halogenated alkanes) is 12. The third-order valence-electron chi connectivity index (χ3n) is 3.49. The second-order valence-electron chi connectivity index (χ2n) is 5.71. The summed E-state index contributed by atoms with van der Waals surface area (Å²) >= 11 is 0. The fourth-order valence-corrected chi connectivity index (χ4v) is 2.29. The minimum Gasteiger partial charge on any atom is -0.832 e. The normalized spacial score (nSPS) is 9.57. The number of carboxylic acids is 1. The first-order chi connectivity index (χ1) is 10.5. The van der Waals surface area contributed by atoms with E-state index in [9.17, 15) is 4.79 Å². The monoisotopic (exact) mass is 424 g/mol. The van der Waals surface area contributed by atoms with Crippen LogP contribution in [0.1, 0.15) is 96.8 Å². The van der Waals surface area contributed by atoms with Crippen LogP contribution in [0.5, 0.6) is 0 Å². The van der Waals surface area contributed by atoms with Crippen LogP contribution >= 0.6 is 0 Å². The zero-order valence-electron chi connectivity index (χ0n) is 14.4. The molecule has 0 aromatic rings. The predicted octanol–water partition coefficient (Wildman–Crippen LogP) is 2.87. The van der Waals surface area contributed by atoms with Crippen molar-refractivity contribution in [2.24, 2.45) is 0 Å². The van der Waals surface area contributed by atoms with E-state index in [1.807, 2.05) is 0 Å². The average Bonchev–Trinajstić information content (AvgIpc) is 2.43. The van der Waals surface area contributed by atoms with Crippen LogP contribution in [0.25, 0.3) is 0 Å². The minimum absolute atomic E-state index is 0. The Labute approximate surface area is 157 Å². The maximum atomic E-state index is 10.3. The topological polar surface area (TPSA) is 101 Å². The van der Waals surface area contributed by atoms with Crippen molar-refractivity contribution in [3.63, 3.8) is 0 Å². The third-order valence-corrected chi connectivity index (χ3v) is 3.49. The van der Waals surface area contributed by atoms with Gasteiger partial charge in [-0.2, -0.15) is 0 Å². The number of hydrogen-bond donors (Lipinski definition) is 3. The van der Waals surface area contributed by atoms with E-state index in [0.29, 0.717) is 6.42 Å². The molecule has 0 amide bonds. The molecule has 0 aliphatic carbocycles. The molecule has 23 heavy (non-hydrogen) atoms. The van der Waals surface area contributed by atoms with E-state index < -0.39 is 13.3 Å². The summed E-state index contributed by atoms with van der Waals surface area (Å²) < 4.78 is 0. The summed E-state index contributed by atoms with van der Waals surface area (Å²) in [6, 6.07) is 0. The quantitative estimate of drug-likeness (QED) is 0.294. The van der Waals surface area contributed by atoms with Crippen molar-refractivity contribution in [3.05, 3.63) is 0 Å². The van der Waals surface area contributed by atoms with Crippen molar-refractivity contribution < 1.29 is 47.4 Å². The Balaban J connectivity index is -0.000000712. The molecule has 0 atom stereocenters. The molecule has 3 N–H and O–H groups in total. The smallest absolute Gasteiger partial charge is 0.832 e. The predicted molar refractivity (Wildman–Crippen MR) is 88.1 cm³/mol. The van der Waals surface area contributed by atoms with E-state index >= 15 is 0 Å². The van der Waals surface area contributed by atoms with Crippen LogP contribution < -0.4 is 5.02 Å². The van der Waals surface area contributed by atoms with Gasteiger partial charge in [0.2, 0.25) is 0 Å². The molecule has 0 saturated carbocycles. The zero-order valence-corrected chi connectivity index (χ0v) is 15.9. The van der Waals surface area contributed by atoms with Crippen LogP contribution in [0.4, 0.5) is 0 Å². The average molecular weight is 425 g/mol. The molecule has 0 aliphatic heterocycles. The summed E-state index contributed by atoms with van der Waals surface area (Å²) in [6.45, 7) is 2.26. The minimum atomic E-state index is -2.42. The second kappa shape index (κ2) is 24.4. The summed E-state index contributed by atoms with van der Waals surface area (Å²) in [4.78, 5) is 10.3. The molecule has 0 unspecified atom stereocenters. The Kier molecular flexibility index (Phi) is 29.7. The summed E-state index contributed by atoms with van der Waals surface area (Å²) in [5.74, 6) is -0.655. The van der Waals surface area contributed by atoms with E-state index in [4.69, 9.17) is 20.2 Å². The van der Waals surface area contributed by atoms with Crippen LogP contribution in [-0.4, -0.2) is 28.4 Å². The Morgan fingerprint density at radius 2 is 1.04 bits per heavy atom. The van der Waals surface area contributed by atoms with Crippen molar-refractivity contribution >= 4 is 13.3 Å². The zero-order chi connectivity index (χ0) is 17.1. The first kappa shape index (κ1) is 28.0. The van der Waals surface area contributed by atoms with Gasteiger partial charge in [0.1, 0.15) is 0 Å². The molecule has 0 bridgehead atoms. The van der Waals surface area contributed by atoms with Gasteiger partial charge in [-0.25, -0.2) is 0 Å². The largest absolute Gasteiger partial charge is 1.00 e. The number of carbonyl (C=O) groups is 1. The Morgan fingerprint density at radius 3 is 1.30 bits per heavy atom. The summed E-state index contributed by atoms with van der Waals surface area (Å²) in [5.41, 5.74) is 0. The van der Waals surface area contributed by atoms with Gasteiger partial charge >= 0.3 is 35.7 Å². The maximum Gasteiger partial charge on any atom is 1.00 e. The fourth-order valence-electron chi connectivity index (χ4n) is 2.29. The second-order valence-corrected chi connectivity index (χ2v) is 5.71. The molecule has 7 heteroatoms. The summed E-state index contributed by atoms with van der Waals surface area (Å²) in [7, 11) is -2.42. The molecule has 0 saturated heterocycles. The maximum absolute atomic E-state index is 10.3. The first-order valence-electron chi connectivity index (χ1n) is 8.74. The molecule has 0 rings (SSSR count). The van der Waals surface area contributed by atoms with E-state index in [0.717, 1.165) is 12.8 Å². The van der Waals surface area contributed by atoms with Gasteiger partial charge in [0.25, 0.3) is 0 Å². The molecule has 0 spiro atoms. The standard InChI is InChI=1S/C16H32O2.Ag.BH2O3/c1-2-3-4-5-6-7-8-9-10-11-12-13-14-15-16(17)18;;2-1(3)4/h2-15H2,1H3,(H,17,18);;2-3H/q;+1;-1. The van der Waals surface area contributed by atoms with Crippen molar-refractivity contribution in [1.82, 2.24) is 0 Å². The molecule has 0 heterocycles. The third kappa shape index (κ3) is 39.2. The van der Waals surface area contributed by atoms with Crippen molar-refractivity contribution in [3.8, 4) is 0 Å². The molecule has 0 fully saturated rings. The molecule has 0 aromatic carbocycles. The van der Waals surface area contributed by atoms with Crippen molar-refractivity contribution in [1.29, 1.82) is 0 Å². The van der Waals surface area contributed by atoms with Gasteiger partial charge in [-0.05, 0) is 6.42 Å². The van der Waals surface area contributed by atoms with Crippen LogP contribution in [0.15, 0.2) is 0 Å². The summed E-state index contributed by atoms with van der Waals surface area (Å²) in [5, 5.41) is 31.2. The van der Waals surface area contributed by atoms with Crippen LogP contribution in [0.3, 0.4) is 0 Å². The Morgan fingerprint density at radius 1 is 0.783 bits per heavy atom. The molecule has 0 aromatic heterocycles. The number of hydrogen-bond acceptors (Lipinski definition) is 4. The molecular formula is C16H34AgBO5. The molecule has 5 nitrogen and oxygen atoms in total. The SMILES string of the molecule is CCCCCCCCCCCCCCCC(=O)O.[Ag+].[O-]B(O)O. The summed E-state index contributed by atoms with van der Waals surface area (Å²) in [6.07, 6.45) is 17.3. The van der Waals surface area contributed by atoms with Crippen molar-refractivity contribution in [2.45, 2.75) is 96.8 Å². The van der Waals surface area contributed by atoms with Gasteiger partial charge in [0.05, 0.1) is 0 Å². The van der Waals surface area contributed by atoms with Crippen molar-refractivity contribution in [2.75, 3.05) is 0 Å². The van der Waals surface area contributed by atoms with E-state index in [1.165, 1.54) is 70.6 Å². The van der Waals surface area contributed by atoms with Gasteiger partial charge in [-0.1, -0.05) is 84.0 Å².